The highest BCUT2D eigenvalue weighted by Crippen LogP contribution is 2.21. The Labute approximate surface area is 108 Å². The molecule has 1 aromatic carbocycles. The van der Waals surface area contributed by atoms with Crippen LogP contribution in [0.4, 0.5) is 5.69 Å². The number of aliphatic hydroxyl groups excluding tert-OH is 1. The van der Waals surface area contributed by atoms with E-state index < -0.39 is 6.04 Å². The number of anilines is 1. The molecule has 2 unspecified atom stereocenters. The lowest BCUT2D eigenvalue weighted by Crippen LogP contribution is -2.47. The van der Waals surface area contributed by atoms with Crippen molar-refractivity contribution >= 4 is 11.6 Å². The molecule has 4 heteroatoms. The number of hydrogen-bond donors (Lipinski definition) is 2. The van der Waals surface area contributed by atoms with Gasteiger partial charge in [0, 0.05) is 18.8 Å². The molecule has 2 rings (SSSR count). The van der Waals surface area contributed by atoms with Crippen LogP contribution in [-0.2, 0) is 4.79 Å². The lowest BCUT2D eigenvalue weighted by Gasteiger charge is -2.30. The first-order valence-corrected chi connectivity index (χ1v) is 6.33. The minimum absolute atomic E-state index is 0.0950. The number of amides is 1. The van der Waals surface area contributed by atoms with Gasteiger partial charge in [0.2, 0.25) is 5.91 Å². The lowest BCUT2D eigenvalue weighted by atomic mass is 10.1. The highest BCUT2D eigenvalue weighted by Gasteiger charge is 2.29. The molecule has 18 heavy (non-hydrogen) atoms. The van der Waals surface area contributed by atoms with Crippen LogP contribution >= 0.6 is 0 Å². The summed E-state index contributed by atoms with van der Waals surface area (Å²) in [5, 5.41) is 12.3. The fourth-order valence-corrected chi connectivity index (χ4v) is 2.26. The minimum Gasteiger partial charge on any atom is -0.394 e. The van der Waals surface area contributed by atoms with Crippen molar-refractivity contribution in [2.45, 2.75) is 19.9 Å². The summed E-state index contributed by atoms with van der Waals surface area (Å²) < 4.78 is 0. The van der Waals surface area contributed by atoms with Gasteiger partial charge in [0.05, 0.1) is 6.61 Å². The van der Waals surface area contributed by atoms with Gasteiger partial charge in [-0.25, -0.2) is 0 Å². The van der Waals surface area contributed by atoms with Crippen LogP contribution in [0.5, 0.6) is 0 Å². The Hall–Kier alpha value is -1.55. The van der Waals surface area contributed by atoms with Crippen molar-refractivity contribution in [3.8, 4) is 0 Å². The van der Waals surface area contributed by atoms with Crippen molar-refractivity contribution in [3.05, 3.63) is 29.8 Å². The maximum absolute atomic E-state index is 11.9. The first-order chi connectivity index (χ1) is 8.61. The molecular weight excluding hydrogens is 228 g/mol. The highest BCUT2D eigenvalue weighted by molar-refractivity contribution is 5.85. The summed E-state index contributed by atoms with van der Waals surface area (Å²) in [5.41, 5.74) is 2.18. The van der Waals surface area contributed by atoms with Gasteiger partial charge in [0.1, 0.15) is 6.04 Å². The smallest absolute Gasteiger partial charge is 0.245 e. The molecule has 0 radical (unpaired) electrons. The molecule has 1 aliphatic heterocycles. The second-order valence-electron chi connectivity index (χ2n) is 5.04. The SMILES string of the molecule is Cc1ccc(N2CC(C)CNC(=O)C2CO)cc1. The van der Waals surface area contributed by atoms with E-state index in [1.165, 1.54) is 5.56 Å². The summed E-state index contributed by atoms with van der Waals surface area (Å²) in [5.74, 6) is 0.272. The molecule has 98 valence electrons. The van der Waals surface area contributed by atoms with Gasteiger partial charge in [0.15, 0.2) is 0 Å². The van der Waals surface area contributed by atoms with Gasteiger partial charge in [-0.15, -0.1) is 0 Å². The Balaban J connectivity index is 2.30. The fraction of sp³-hybridized carbons (Fsp3) is 0.500. The predicted octanol–water partition coefficient (Wildman–Crippen LogP) is 0.928. The van der Waals surface area contributed by atoms with E-state index in [0.717, 1.165) is 12.2 Å². The van der Waals surface area contributed by atoms with Gasteiger partial charge >= 0.3 is 0 Å². The van der Waals surface area contributed by atoms with Crippen LogP contribution in [0.3, 0.4) is 0 Å². The van der Waals surface area contributed by atoms with Crippen LogP contribution in [0.2, 0.25) is 0 Å². The maximum atomic E-state index is 11.9. The van der Waals surface area contributed by atoms with E-state index in [4.69, 9.17) is 0 Å². The first kappa shape index (κ1) is 12.9. The van der Waals surface area contributed by atoms with Crippen LogP contribution in [-0.4, -0.2) is 36.8 Å². The number of benzene rings is 1. The van der Waals surface area contributed by atoms with E-state index in [2.05, 4.69) is 12.2 Å². The molecule has 1 aliphatic rings. The maximum Gasteiger partial charge on any atom is 0.245 e. The first-order valence-electron chi connectivity index (χ1n) is 6.33. The van der Waals surface area contributed by atoms with Crippen molar-refractivity contribution < 1.29 is 9.90 Å². The normalized spacial score (nSPS) is 24.6. The summed E-state index contributed by atoms with van der Waals surface area (Å²) in [6, 6.07) is 7.57. The van der Waals surface area contributed by atoms with E-state index in [9.17, 15) is 9.90 Å². The van der Waals surface area contributed by atoms with Crippen molar-refractivity contribution in [1.29, 1.82) is 0 Å². The molecule has 1 aromatic rings. The number of aryl methyl sites for hydroxylation is 1. The van der Waals surface area contributed by atoms with Gasteiger partial charge in [-0.3, -0.25) is 4.79 Å². The van der Waals surface area contributed by atoms with Crippen molar-refractivity contribution in [2.24, 2.45) is 5.92 Å². The molecule has 0 aromatic heterocycles. The standard InChI is InChI=1S/C14H20N2O2/c1-10-3-5-12(6-4-10)16-8-11(2)7-15-14(18)13(16)9-17/h3-6,11,13,17H,7-9H2,1-2H3,(H,15,18). The zero-order chi connectivity index (χ0) is 13.1. The molecule has 2 atom stereocenters. The predicted molar refractivity (Wildman–Crippen MR) is 71.6 cm³/mol. The summed E-state index contributed by atoms with van der Waals surface area (Å²) in [6.07, 6.45) is 0. The second-order valence-corrected chi connectivity index (χ2v) is 5.04. The number of rotatable bonds is 2. The highest BCUT2D eigenvalue weighted by atomic mass is 16.3. The zero-order valence-corrected chi connectivity index (χ0v) is 10.9. The van der Waals surface area contributed by atoms with Gasteiger partial charge in [0.25, 0.3) is 0 Å². The van der Waals surface area contributed by atoms with E-state index >= 15 is 0 Å². The summed E-state index contributed by atoms with van der Waals surface area (Å²) >= 11 is 0. The van der Waals surface area contributed by atoms with Gasteiger partial charge in [-0.2, -0.15) is 0 Å². The van der Waals surface area contributed by atoms with Gasteiger partial charge < -0.3 is 15.3 Å². The molecule has 2 N–H and O–H groups in total. The van der Waals surface area contributed by atoms with Crippen LogP contribution in [0.15, 0.2) is 24.3 Å². The Morgan fingerprint density at radius 2 is 2.06 bits per heavy atom. The largest absolute Gasteiger partial charge is 0.394 e. The van der Waals surface area contributed by atoms with E-state index in [0.29, 0.717) is 12.5 Å². The van der Waals surface area contributed by atoms with Crippen LogP contribution < -0.4 is 10.2 Å². The third-order valence-corrected chi connectivity index (χ3v) is 3.35. The number of hydrogen-bond acceptors (Lipinski definition) is 3. The van der Waals surface area contributed by atoms with Crippen molar-refractivity contribution in [2.75, 3.05) is 24.6 Å². The number of carbonyl (C=O) groups is 1. The van der Waals surface area contributed by atoms with E-state index in [1.807, 2.05) is 36.1 Å². The zero-order valence-electron chi connectivity index (χ0n) is 10.9. The molecule has 0 aliphatic carbocycles. The number of nitrogens with zero attached hydrogens (tertiary/aromatic N) is 1. The molecule has 0 saturated carbocycles. The number of nitrogens with one attached hydrogen (secondary N) is 1. The molecule has 0 spiro atoms. The summed E-state index contributed by atoms with van der Waals surface area (Å²) in [6.45, 7) is 5.41. The topological polar surface area (TPSA) is 52.6 Å². The molecular formula is C14H20N2O2. The van der Waals surface area contributed by atoms with Crippen LogP contribution in [0, 0.1) is 12.8 Å². The molecule has 1 heterocycles. The minimum atomic E-state index is -0.488. The van der Waals surface area contributed by atoms with Gasteiger partial charge in [-0.05, 0) is 25.0 Å². The van der Waals surface area contributed by atoms with E-state index in [1.54, 1.807) is 0 Å². The van der Waals surface area contributed by atoms with Crippen molar-refractivity contribution in [3.63, 3.8) is 0 Å². The molecule has 1 fully saturated rings. The third kappa shape index (κ3) is 2.64. The Kier molecular flexibility index (Phi) is 3.87. The third-order valence-electron chi connectivity index (χ3n) is 3.35. The average Bonchev–Trinajstić information content (AvgIpc) is 2.50. The fourth-order valence-electron chi connectivity index (χ4n) is 2.26. The summed E-state index contributed by atoms with van der Waals surface area (Å²) in [7, 11) is 0. The summed E-state index contributed by atoms with van der Waals surface area (Å²) in [4.78, 5) is 13.9. The number of carbonyl (C=O) groups excluding carboxylic acids is 1. The van der Waals surface area contributed by atoms with Crippen molar-refractivity contribution in [1.82, 2.24) is 5.32 Å². The molecule has 4 nitrogen and oxygen atoms in total. The van der Waals surface area contributed by atoms with Crippen LogP contribution in [0.25, 0.3) is 0 Å². The number of aliphatic hydroxyl groups is 1. The van der Waals surface area contributed by atoms with Gasteiger partial charge in [-0.1, -0.05) is 24.6 Å². The quantitative estimate of drug-likeness (QED) is 0.818. The van der Waals surface area contributed by atoms with E-state index in [-0.39, 0.29) is 12.5 Å². The lowest BCUT2D eigenvalue weighted by molar-refractivity contribution is -0.122. The Morgan fingerprint density at radius 3 is 2.67 bits per heavy atom. The Morgan fingerprint density at radius 1 is 1.39 bits per heavy atom. The molecule has 1 amide bonds. The average molecular weight is 248 g/mol. The molecule has 1 saturated heterocycles. The Bertz CT molecular complexity index is 416. The molecule has 0 bridgehead atoms. The monoisotopic (exact) mass is 248 g/mol. The van der Waals surface area contributed by atoms with Crippen LogP contribution in [0.1, 0.15) is 12.5 Å². The second kappa shape index (κ2) is 5.40.